The average molecular weight is 361 g/mol. The topological polar surface area (TPSA) is 102 Å². The third-order valence-electron chi connectivity index (χ3n) is 3.58. The summed E-state index contributed by atoms with van der Waals surface area (Å²) in [5, 5.41) is 13.1. The highest BCUT2D eigenvalue weighted by Gasteiger charge is 2.16. The van der Waals surface area contributed by atoms with Crippen molar-refractivity contribution in [3.63, 3.8) is 0 Å². The number of hydrazone groups is 1. The van der Waals surface area contributed by atoms with Crippen molar-refractivity contribution in [2.45, 2.75) is 13.8 Å². The number of Topliss-reactive ketones (excluding diaryl/α,β-unsaturated/α-hetero) is 1. The van der Waals surface area contributed by atoms with Crippen molar-refractivity contribution in [1.82, 2.24) is 0 Å². The molecule has 2 aromatic carbocycles. The summed E-state index contributed by atoms with van der Waals surface area (Å²) in [5.41, 5.74) is 2.24. The second-order valence-electron chi connectivity index (χ2n) is 5.44. The molecule has 0 bridgehead atoms. The average Bonchev–Trinajstić information content (AvgIpc) is 2.58. The van der Waals surface area contributed by atoms with Crippen LogP contribution in [0.5, 0.6) is 5.75 Å². The number of nitrogens with zero attached hydrogens (tertiary/aromatic N) is 1. The van der Waals surface area contributed by atoms with Crippen molar-refractivity contribution >= 4 is 29.1 Å². The molecule has 0 spiro atoms. The first-order chi connectivity index (χ1) is 11.8. The Morgan fingerprint density at radius 3 is 2.12 bits per heavy atom. The van der Waals surface area contributed by atoms with Gasteiger partial charge in [-0.15, -0.1) is 0 Å². The highest BCUT2D eigenvalue weighted by Crippen LogP contribution is 2.25. The predicted octanol–water partition coefficient (Wildman–Crippen LogP) is 2.97. The minimum atomic E-state index is -1.05. The number of hydrogen-bond acceptors (Lipinski definition) is 5. The Morgan fingerprint density at radius 1 is 1.12 bits per heavy atom. The Kier molecular flexibility index (Phi) is 5.77. The van der Waals surface area contributed by atoms with Gasteiger partial charge in [0.25, 0.3) is 0 Å². The molecule has 0 aliphatic rings. The van der Waals surface area contributed by atoms with E-state index in [9.17, 15) is 9.59 Å². The van der Waals surface area contributed by atoms with Crippen LogP contribution in [0.4, 0.5) is 0 Å². The van der Waals surface area contributed by atoms with Crippen LogP contribution in [0.1, 0.15) is 27.0 Å². The molecule has 0 saturated heterocycles. The van der Waals surface area contributed by atoms with E-state index in [1.165, 1.54) is 24.3 Å². The lowest BCUT2D eigenvalue weighted by Crippen LogP contribution is -2.24. The maximum atomic E-state index is 12.3. The van der Waals surface area contributed by atoms with Gasteiger partial charge in [0.2, 0.25) is 5.78 Å². The summed E-state index contributed by atoms with van der Waals surface area (Å²) in [5.74, 6) is 4.36. The van der Waals surface area contributed by atoms with Crippen molar-refractivity contribution in [2.24, 2.45) is 10.9 Å². The van der Waals surface area contributed by atoms with Crippen LogP contribution in [0.2, 0.25) is 5.02 Å². The molecule has 2 rings (SSSR count). The molecule has 0 radical (unpaired) electrons. The van der Waals surface area contributed by atoms with Gasteiger partial charge in [-0.3, -0.25) is 4.79 Å². The lowest BCUT2D eigenvalue weighted by Gasteiger charge is -2.10. The zero-order chi connectivity index (χ0) is 18.6. The lowest BCUT2D eigenvalue weighted by molar-refractivity contribution is -0.114. The van der Waals surface area contributed by atoms with E-state index in [1.807, 2.05) is 13.8 Å². The number of carbonyl (C=O) groups excluding carboxylic acids is 1. The fourth-order valence-electron chi connectivity index (χ4n) is 2.28. The van der Waals surface area contributed by atoms with Gasteiger partial charge in [-0.25, -0.2) is 4.79 Å². The molecule has 0 heterocycles. The van der Waals surface area contributed by atoms with E-state index in [0.717, 1.165) is 11.1 Å². The van der Waals surface area contributed by atoms with Gasteiger partial charge in [0.05, 0.1) is 5.56 Å². The number of halogens is 1. The number of carbonyl (C=O) groups is 2. The molecule has 25 heavy (non-hydrogen) atoms. The monoisotopic (exact) mass is 360 g/mol. The van der Waals surface area contributed by atoms with Crippen molar-refractivity contribution < 1.29 is 19.4 Å². The van der Waals surface area contributed by atoms with Crippen LogP contribution in [0.3, 0.4) is 0 Å². The summed E-state index contributed by atoms with van der Waals surface area (Å²) in [4.78, 5) is 23.2. The molecule has 0 saturated carbocycles. The van der Waals surface area contributed by atoms with E-state index >= 15 is 0 Å². The molecule has 0 aliphatic heterocycles. The molecular weight excluding hydrogens is 344 g/mol. The van der Waals surface area contributed by atoms with Gasteiger partial charge in [-0.2, -0.15) is 5.10 Å². The SMILES string of the molecule is Cc1cc(OCC(=O)/C(=N/N)c2ccc(C(=O)O)cc2)cc(C)c1Cl. The number of rotatable bonds is 6. The van der Waals surface area contributed by atoms with E-state index in [-0.39, 0.29) is 17.9 Å². The lowest BCUT2D eigenvalue weighted by atomic mass is 10.0. The molecule has 0 unspecified atom stereocenters. The first-order valence-electron chi connectivity index (χ1n) is 7.38. The number of carboxylic acids is 1. The number of benzene rings is 2. The molecule has 0 aliphatic carbocycles. The summed E-state index contributed by atoms with van der Waals surface area (Å²) < 4.78 is 5.51. The molecule has 0 atom stereocenters. The van der Waals surface area contributed by atoms with Crippen molar-refractivity contribution in [1.29, 1.82) is 0 Å². The summed E-state index contributed by atoms with van der Waals surface area (Å²) in [6.45, 7) is 3.44. The zero-order valence-electron chi connectivity index (χ0n) is 13.7. The normalized spacial score (nSPS) is 11.2. The highest BCUT2D eigenvalue weighted by atomic mass is 35.5. The summed E-state index contributed by atoms with van der Waals surface area (Å²) in [6, 6.07) is 9.19. The Labute approximate surface area is 149 Å². The van der Waals surface area contributed by atoms with Gasteiger partial charge < -0.3 is 15.7 Å². The molecule has 130 valence electrons. The zero-order valence-corrected chi connectivity index (χ0v) is 14.5. The van der Waals surface area contributed by atoms with E-state index < -0.39 is 11.8 Å². The predicted molar refractivity (Wildman–Crippen MR) is 95.6 cm³/mol. The molecule has 7 heteroatoms. The van der Waals surface area contributed by atoms with E-state index in [2.05, 4.69) is 5.10 Å². The maximum absolute atomic E-state index is 12.3. The van der Waals surface area contributed by atoms with Crippen LogP contribution in [-0.2, 0) is 4.79 Å². The molecule has 0 fully saturated rings. The Bertz CT molecular complexity index is 822. The smallest absolute Gasteiger partial charge is 0.335 e. The molecule has 2 aromatic rings. The number of carboxylic acid groups (broad SMARTS) is 1. The van der Waals surface area contributed by atoms with Gasteiger partial charge in [0, 0.05) is 10.6 Å². The van der Waals surface area contributed by atoms with Gasteiger partial charge in [0.15, 0.2) is 6.61 Å². The third-order valence-corrected chi connectivity index (χ3v) is 4.17. The van der Waals surface area contributed by atoms with Gasteiger partial charge in [-0.05, 0) is 49.2 Å². The van der Waals surface area contributed by atoms with Crippen molar-refractivity contribution in [2.75, 3.05) is 6.61 Å². The molecule has 0 amide bonds. The number of nitrogens with two attached hydrogens (primary N) is 1. The van der Waals surface area contributed by atoms with E-state index in [1.54, 1.807) is 12.1 Å². The van der Waals surface area contributed by atoms with Crippen LogP contribution >= 0.6 is 11.6 Å². The van der Waals surface area contributed by atoms with Crippen LogP contribution in [0, 0.1) is 13.8 Å². The van der Waals surface area contributed by atoms with Crippen LogP contribution in [0.25, 0.3) is 0 Å². The minimum absolute atomic E-state index is 0.0133. The summed E-state index contributed by atoms with van der Waals surface area (Å²) in [6.07, 6.45) is 0. The maximum Gasteiger partial charge on any atom is 0.335 e. The molecule has 6 nitrogen and oxygen atoms in total. The van der Waals surface area contributed by atoms with Crippen LogP contribution in [-0.4, -0.2) is 29.2 Å². The minimum Gasteiger partial charge on any atom is -0.485 e. The summed E-state index contributed by atoms with van der Waals surface area (Å²) >= 11 is 6.10. The number of aromatic carboxylic acids is 1. The van der Waals surface area contributed by atoms with Crippen LogP contribution < -0.4 is 10.6 Å². The Hall–Kier alpha value is -2.86. The highest BCUT2D eigenvalue weighted by molar-refractivity contribution is 6.46. The second-order valence-corrected chi connectivity index (χ2v) is 5.82. The van der Waals surface area contributed by atoms with Crippen molar-refractivity contribution in [3.8, 4) is 5.75 Å². The third kappa shape index (κ3) is 4.36. The second kappa shape index (κ2) is 7.81. The van der Waals surface area contributed by atoms with Gasteiger partial charge in [0.1, 0.15) is 11.5 Å². The number of aryl methyl sites for hydroxylation is 2. The quantitative estimate of drug-likeness (QED) is 0.468. The standard InChI is InChI=1S/C18H17ClN2O4/c1-10-7-14(8-11(2)16(10)19)25-9-15(22)17(21-20)12-3-5-13(6-4-12)18(23)24/h3-8H,9,20H2,1-2H3,(H,23,24)/b21-17+. The largest absolute Gasteiger partial charge is 0.485 e. The molecule has 3 N–H and O–H groups in total. The fourth-order valence-corrected chi connectivity index (χ4v) is 2.39. The van der Waals surface area contributed by atoms with Crippen LogP contribution in [0.15, 0.2) is 41.5 Å². The summed E-state index contributed by atoms with van der Waals surface area (Å²) in [7, 11) is 0. The number of hydrogen-bond donors (Lipinski definition) is 2. The first-order valence-corrected chi connectivity index (χ1v) is 7.75. The number of ketones is 1. The van der Waals surface area contributed by atoms with Gasteiger partial charge >= 0.3 is 5.97 Å². The fraction of sp³-hybridized carbons (Fsp3) is 0.167. The molecule has 0 aromatic heterocycles. The van der Waals surface area contributed by atoms with Crippen molar-refractivity contribution in [3.05, 3.63) is 63.7 Å². The molecular formula is C18H17ClN2O4. The van der Waals surface area contributed by atoms with E-state index in [4.69, 9.17) is 27.3 Å². The van der Waals surface area contributed by atoms with E-state index in [0.29, 0.717) is 16.3 Å². The number of ether oxygens (including phenoxy) is 1. The first kappa shape index (κ1) is 18.5. The Balaban J connectivity index is 2.11. The van der Waals surface area contributed by atoms with Gasteiger partial charge in [-0.1, -0.05) is 23.7 Å². The Morgan fingerprint density at radius 2 is 1.64 bits per heavy atom.